The first-order valence-corrected chi connectivity index (χ1v) is 10.6. The Balaban J connectivity index is 0.00000320. The smallest absolute Gasteiger partial charge is 0.225 e. The maximum absolute atomic E-state index is 6.23. The molecule has 3 rings (SSSR count). The molecule has 164 valence electrons. The summed E-state index contributed by atoms with van der Waals surface area (Å²) < 4.78 is 0. The van der Waals surface area contributed by atoms with Gasteiger partial charge in [-0.1, -0.05) is 29.8 Å². The monoisotopic (exact) mass is 543 g/mol. The van der Waals surface area contributed by atoms with Crippen molar-refractivity contribution in [1.29, 1.82) is 0 Å². The van der Waals surface area contributed by atoms with E-state index >= 15 is 0 Å². The van der Waals surface area contributed by atoms with Gasteiger partial charge < -0.3 is 15.5 Å². The first-order chi connectivity index (χ1) is 14.3. The van der Waals surface area contributed by atoms with Crippen LogP contribution in [0.2, 0.25) is 5.02 Å². The molecule has 2 heterocycles. The van der Waals surface area contributed by atoms with Gasteiger partial charge in [0.2, 0.25) is 5.95 Å². The normalized spacial score (nSPS) is 14.9. The summed E-state index contributed by atoms with van der Waals surface area (Å²) in [6, 6.07) is 9.82. The molecule has 0 saturated carbocycles. The van der Waals surface area contributed by atoms with E-state index in [1.807, 2.05) is 24.3 Å². The van der Waals surface area contributed by atoms with Gasteiger partial charge >= 0.3 is 0 Å². The Bertz CT molecular complexity index is 767. The highest BCUT2D eigenvalue weighted by atomic mass is 127. The van der Waals surface area contributed by atoms with Crippen molar-refractivity contribution in [1.82, 2.24) is 25.5 Å². The fourth-order valence-electron chi connectivity index (χ4n) is 3.29. The fraction of sp³-hybridized carbons (Fsp3) is 0.476. The third-order valence-corrected chi connectivity index (χ3v) is 5.25. The Kier molecular flexibility index (Phi) is 11.2. The summed E-state index contributed by atoms with van der Waals surface area (Å²) in [4.78, 5) is 18.1. The lowest BCUT2D eigenvalue weighted by molar-refractivity contribution is 0.263. The molecule has 2 aromatic rings. The van der Waals surface area contributed by atoms with Crippen molar-refractivity contribution in [2.24, 2.45) is 4.99 Å². The van der Waals surface area contributed by atoms with Crippen LogP contribution >= 0.6 is 35.6 Å². The molecule has 0 atom stereocenters. The van der Waals surface area contributed by atoms with Crippen molar-refractivity contribution in [2.75, 3.05) is 57.3 Å². The van der Waals surface area contributed by atoms with E-state index in [-0.39, 0.29) is 24.0 Å². The third-order valence-electron chi connectivity index (χ3n) is 4.88. The van der Waals surface area contributed by atoms with Crippen LogP contribution in [-0.2, 0) is 6.42 Å². The molecule has 7 nitrogen and oxygen atoms in total. The molecular formula is C21H31ClIN7. The Morgan fingerprint density at radius 3 is 2.50 bits per heavy atom. The lowest BCUT2D eigenvalue weighted by atomic mass is 10.1. The number of halogens is 2. The van der Waals surface area contributed by atoms with Crippen LogP contribution in [0.3, 0.4) is 0 Å². The minimum atomic E-state index is 0. The maximum atomic E-state index is 6.23. The average Bonchev–Trinajstić information content (AvgIpc) is 2.76. The number of guanidine groups is 1. The van der Waals surface area contributed by atoms with Crippen molar-refractivity contribution in [3.05, 3.63) is 53.3 Å². The molecule has 1 aliphatic rings. The minimum absolute atomic E-state index is 0. The van der Waals surface area contributed by atoms with E-state index in [4.69, 9.17) is 16.6 Å². The minimum Gasteiger partial charge on any atom is -0.357 e. The summed E-state index contributed by atoms with van der Waals surface area (Å²) in [5.74, 6) is 1.68. The van der Waals surface area contributed by atoms with Crippen molar-refractivity contribution >= 4 is 47.5 Å². The van der Waals surface area contributed by atoms with E-state index in [0.29, 0.717) is 0 Å². The quantitative estimate of drug-likeness (QED) is 0.303. The van der Waals surface area contributed by atoms with E-state index in [1.54, 1.807) is 12.4 Å². The van der Waals surface area contributed by atoms with E-state index in [1.165, 1.54) is 0 Å². The molecule has 0 spiro atoms. The van der Waals surface area contributed by atoms with Crippen LogP contribution in [0.4, 0.5) is 5.95 Å². The Labute approximate surface area is 201 Å². The molecule has 2 N–H and O–H groups in total. The van der Waals surface area contributed by atoms with Crippen molar-refractivity contribution in [3.63, 3.8) is 0 Å². The fourth-order valence-corrected chi connectivity index (χ4v) is 3.52. The van der Waals surface area contributed by atoms with Crippen LogP contribution in [0.25, 0.3) is 0 Å². The zero-order valence-corrected chi connectivity index (χ0v) is 20.5. The highest BCUT2D eigenvalue weighted by Crippen LogP contribution is 2.14. The largest absolute Gasteiger partial charge is 0.357 e. The molecule has 0 bridgehead atoms. The third kappa shape index (κ3) is 7.88. The molecule has 9 heteroatoms. The second-order valence-electron chi connectivity index (χ2n) is 6.91. The maximum Gasteiger partial charge on any atom is 0.225 e. The van der Waals surface area contributed by atoms with Crippen LogP contribution in [0.5, 0.6) is 0 Å². The second kappa shape index (κ2) is 13.6. The summed E-state index contributed by atoms with van der Waals surface area (Å²) in [5.41, 5.74) is 1.15. The van der Waals surface area contributed by atoms with E-state index in [0.717, 1.165) is 81.3 Å². The predicted molar refractivity (Wildman–Crippen MR) is 135 cm³/mol. The number of aromatic nitrogens is 2. The number of benzene rings is 1. The van der Waals surface area contributed by atoms with Crippen LogP contribution in [0.15, 0.2) is 47.7 Å². The van der Waals surface area contributed by atoms with Gasteiger partial charge in [0.05, 0.1) is 6.54 Å². The van der Waals surface area contributed by atoms with Crippen LogP contribution in [0, 0.1) is 0 Å². The van der Waals surface area contributed by atoms with E-state index in [9.17, 15) is 0 Å². The number of nitrogens with one attached hydrogen (secondary N) is 2. The van der Waals surface area contributed by atoms with Gasteiger partial charge in [0.25, 0.3) is 0 Å². The number of aliphatic imine (C=N–C) groups is 1. The van der Waals surface area contributed by atoms with Crippen LogP contribution in [0.1, 0.15) is 12.5 Å². The molecule has 0 radical (unpaired) electrons. The molecule has 1 aromatic heterocycles. The number of anilines is 1. The van der Waals surface area contributed by atoms with Gasteiger partial charge in [0, 0.05) is 63.2 Å². The summed E-state index contributed by atoms with van der Waals surface area (Å²) in [7, 11) is 0. The van der Waals surface area contributed by atoms with Gasteiger partial charge in [0.15, 0.2) is 5.96 Å². The standard InChI is InChI=1S/C21H30ClN7.HI/c1-2-23-20(24-11-8-18-6-3-4-7-19(18)22)25-12-13-28-14-16-29(17-15-28)21-26-9-5-10-27-21;/h3-7,9-10H,2,8,11-17H2,1H3,(H2,23,24,25);1H. The molecule has 1 aromatic carbocycles. The summed E-state index contributed by atoms with van der Waals surface area (Å²) >= 11 is 6.23. The van der Waals surface area contributed by atoms with E-state index in [2.05, 4.69) is 43.4 Å². The molecule has 30 heavy (non-hydrogen) atoms. The van der Waals surface area contributed by atoms with Crippen LogP contribution in [-0.4, -0.2) is 73.2 Å². The SMILES string of the molecule is CCNC(=NCCN1CCN(c2ncccn2)CC1)NCCc1ccccc1Cl.I. The van der Waals surface area contributed by atoms with Crippen molar-refractivity contribution < 1.29 is 0 Å². The van der Waals surface area contributed by atoms with E-state index < -0.39 is 0 Å². The summed E-state index contributed by atoms with van der Waals surface area (Å²) in [6.07, 6.45) is 4.46. The van der Waals surface area contributed by atoms with Gasteiger partial charge in [-0.05, 0) is 31.0 Å². The average molecular weight is 544 g/mol. The summed E-state index contributed by atoms with van der Waals surface area (Å²) in [5, 5.41) is 7.53. The molecule has 1 saturated heterocycles. The molecule has 1 fully saturated rings. The molecular weight excluding hydrogens is 513 g/mol. The molecule has 0 unspecified atom stereocenters. The van der Waals surface area contributed by atoms with Gasteiger partial charge in [0.1, 0.15) is 0 Å². The molecule has 0 amide bonds. The first kappa shape index (κ1) is 24.6. The molecule has 1 aliphatic heterocycles. The first-order valence-electron chi connectivity index (χ1n) is 10.3. The van der Waals surface area contributed by atoms with Gasteiger partial charge in [-0.3, -0.25) is 9.89 Å². The number of rotatable bonds is 8. The van der Waals surface area contributed by atoms with Gasteiger partial charge in [-0.2, -0.15) is 0 Å². The summed E-state index contributed by atoms with van der Waals surface area (Å²) in [6.45, 7) is 9.34. The topological polar surface area (TPSA) is 68.7 Å². The number of piperazine rings is 1. The number of hydrogen-bond donors (Lipinski definition) is 2. The number of nitrogens with zero attached hydrogens (tertiary/aromatic N) is 5. The lowest BCUT2D eigenvalue weighted by Crippen LogP contribution is -2.47. The lowest BCUT2D eigenvalue weighted by Gasteiger charge is -2.34. The van der Waals surface area contributed by atoms with Crippen molar-refractivity contribution in [3.8, 4) is 0 Å². The Hall–Kier alpha value is -1.65. The number of hydrogen-bond acceptors (Lipinski definition) is 5. The second-order valence-corrected chi connectivity index (χ2v) is 7.31. The Morgan fingerprint density at radius 1 is 1.07 bits per heavy atom. The zero-order chi connectivity index (χ0) is 20.3. The van der Waals surface area contributed by atoms with Gasteiger partial charge in [-0.25, -0.2) is 9.97 Å². The van der Waals surface area contributed by atoms with Gasteiger partial charge in [-0.15, -0.1) is 24.0 Å². The molecule has 0 aliphatic carbocycles. The zero-order valence-electron chi connectivity index (χ0n) is 17.4. The predicted octanol–water partition coefficient (Wildman–Crippen LogP) is 2.67. The van der Waals surface area contributed by atoms with Crippen LogP contribution < -0.4 is 15.5 Å². The van der Waals surface area contributed by atoms with Crippen molar-refractivity contribution in [2.45, 2.75) is 13.3 Å². The highest BCUT2D eigenvalue weighted by molar-refractivity contribution is 14.0. The highest BCUT2D eigenvalue weighted by Gasteiger charge is 2.18. The Morgan fingerprint density at radius 2 is 1.80 bits per heavy atom.